The van der Waals surface area contributed by atoms with Crippen molar-refractivity contribution >= 4 is 11.8 Å². The predicted molar refractivity (Wildman–Crippen MR) is 66.9 cm³/mol. The molecule has 5 nitrogen and oxygen atoms in total. The molecular formula is C13H22N2O3. The van der Waals surface area contributed by atoms with E-state index in [1.54, 1.807) is 9.80 Å². The Morgan fingerprint density at radius 1 is 1.17 bits per heavy atom. The number of nitrogens with zero attached hydrogens (tertiary/aromatic N) is 2. The Labute approximate surface area is 108 Å². The molecule has 2 aliphatic rings. The van der Waals surface area contributed by atoms with Gasteiger partial charge in [-0.05, 0) is 25.7 Å². The second-order valence-electron chi connectivity index (χ2n) is 5.24. The number of carbonyl (C=O) groups excluding carboxylic acids is 2. The fourth-order valence-corrected chi connectivity index (χ4v) is 2.58. The van der Waals surface area contributed by atoms with E-state index in [1.165, 1.54) is 0 Å². The minimum atomic E-state index is -0.270. The lowest BCUT2D eigenvalue weighted by atomic mass is 10.1. The first-order valence-electron chi connectivity index (χ1n) is 6.90. The van der Waals surface area contributed by atoms with Crippen molar-refractivity contribution in [1.82, 2.24) is 9.80 Å². The molecule has 2 saturated heterocycles. The third-order valence-electron chi connectivity index (χ3n) is 3.81. The maximum atomic E-state index is 12.1. The van der Waals surface area contributed by atoms with E-state index >= 15 is 0 Å². The van der Waals surface area contributed by atoms with Crippen LogP contribution in [0.4, 0.5) is 0 Å². The summed E-state index contributed by atoms with van der Waals surface area (Å²) >= 11 is 0. The molecule has 1 N–H and O–H groups in total. The molecule has 0 aromatic carbocycles. The highest BCUT2D eigenvalue weighted by Crippen LogP contribution is 2.13. The van der Waals surface area contributed by atoms with Crippen molar-refractivity contribution in [1.29, 1.82) is 0 Å². The summed E-state index contributed by atoms with van der Waals surface area (Å²) in [6, 6.07) is 0. The van der Waals surface area contributed by atoms with Gasteiger partial charge in [-0.1, -0.05) is 6.42 Å². The van der Waals surface area contributed by atoms with E-state index in [4.69, 9.17) is 0 Å². The largest absolute Gasteiger partial charge is 0.393 e. The Balaban J connectivity index is 1.84. The van der Waals surface area contributed by atoms with Crippen molar-refractivity contribution in [3.63, 3.8) is 0 Å². The minimum Gasteiger partial charge on any atom is -0.393 e. The number of carbonyl (C=O) groups is 2. The van der Waals surface area contributed by atoms with E-state index in [0.29, 0.717) is 38.9 Å². The van der Waals surface area contributed by atoms with Gasteiger partial charge in [-0.25, -0.2) is 0 Å². The minimum absolute atomic E-state index is 0.0251. The number of aliphatic hydroxyl groups excluding tert-OH is 1. The summed E-state index contributed by atoms with van der Waals surface area (Å²) in [6.07, 6.45) is 4.63. The average molecular weight is 254 g/mol. The van der Waals surface area contributed by atoms with Gasteiger partial charge in [0.1, 0.15) is 0 Å². The molecular weight excluding hydrogens is 232 g/mol. The van der Waals surface area contributed by atoms with Crippen LogP contribution in [0.1, 0.15) is 38.5 Å². The van der Waals surface area contributed by atoms with Crippen LogP contribution in [0.5, 0.6) is 0 Å². The van der Waals surface area contributed by atoms with Crippen LogP contribution in [0, 0.1) is 0 Å². The monoisotopic (exact) mass is 254 g/mol. The molecule has 0 aromatic heterocycles. The van der Waals surface area contributed by atoms with Gasteiger partial charge in [-0.2, -0.15) is 0 Å². The predicted octanol–water partition coefficient (Wildman–Crippen LogP) is 0.372. The third kappa shape index (κ3) is 3.45. The third-order valence-corrected chi connectivity index (χ3v) is 3.81. The van der Waals surface area contributed by atoms with Gasteiger partial charge in [0.05, 0.1) is 12.6 Å². The van der Waals surface area contributed by atoms with Crippen LogP contribution in [-0.4, -0.2) is 59.0 Å². The Morgan fingerprint density at radius 2 is 1.89 bits per heavy atom. The quantitative estimate of drug-likeness (QED) is 0.774. The maximum absolute atomic E-state index is 12.1. The van der Waals surface area contributed by atoms with Crippen LogP contribution in [0.3, 0.4) is 0 Å². The molecule has 5 heteroatoms. The Bertz CT molecular complexity index is 311. The highest BCUT2D eigenvalue weighted by atomic mass is 16.3. The first-order valence-corrected chi connectivity index (χ1v) is 6.90. The molecule has 2 fully saturated rings. The van der Waals surface area contributed by atoms with Crippen LogP contribution in [-0.2, 0) is 9.59 Å². The Morgan fingerprint density at radius 3 is 2.61 bits per heavy atom. The van der Waals surface area contributed by atoms with Crippen molar-refractivity contribution in [3.05, 3.63) is 0 Å². The average Bonchev–Trinajstić information content (AvgIpc) is 2.56. The first kappa shape index (κ1) is 13.3. The van der Waals surface area contributed by atoms with Gasteiger partial charge < -0.3 is 14.9 Å². The standard InChI is InChI=1S/C13H22N2O3/c16-11-5-8-14(9-6-11)13(18)10-15-7-3-1-2-4-12(15)17/h11,16H,1-10H2. The number of hydrogen-bond donors (Lipinski definition) is 1. The van der Waals surface area contributed by atoms with Gasteiger partial charge in [0.25, 0.3) is 0 Å². The zero-order valence-electron chi connectivity index (χ0n) is 10.8. The summed E-state index contributed by atoms with van der Waals surface area (Å²) in [7, 11) is 0. The second kappa shape index (κ2) is 6.18. The molecule has 2 aliphatic heterocycles. The number of rotatable bonds is 2. The lowest BCUT2D eigenvalue weighted by molar-refractivity contribution is -0.141. The number of hydrogen-bond acceptors (Lipinski definition) is 3. The van der Waals surface area contributed by atoms with Crippen LogP contribution >= 0.6 is 0 Å². The molecule has 2 rings (SSSR count). The van der Waals surface area contributed by atoms with Crippen molar-refractivity contribution in [2.45, 2.75) is 44.6 Å². The fourth-order valence-electron chi connectivity index (χ4n) is 2.58. The summed E-state index contributed by atoms with van der Waals surface area (Å²) < 4.78 is 0. The lowest BCUT2D eigenvalue weighted by Gasteiger charge is -2.31. The molecule has 2 amide bonds. The highest BCUT2D eigenvalue weighted by molar-refractivity contribution is 5.85. The normalized spacial score (nSPS) is 23.1. The van der Waals surface area contributed by atoms with Crippen molar-refractivity contribution in [2.24, 2.45) is 0 Å². The van der Waals surface area contributed by atoms with Crippen LogP contribution in [0.15, 0.2) is 0 Å². The van der Waals surface area contributed by atoms with Gasteiger partial charge in [-0.3, -0.25) is 9.59 Å². The van der Waals surface area contributed by atoms with E-state index in [0.717, 1.165) is 19.3 Å². The molecule has 0 unspecified atom stereocenters. The SMILES string of the molecule is O=C(CN1CCCCCC1=O)N1CCC(O)CC1. The summed E-state index contributed by atoms with van der Waals surface area (Å²) in [5.74, 6) is 0.134. The highest BCUT2D eigenvalue weighted by Gasteiger charge is 2.25. The van der Waals surface area contributed by atoms with Crippen molar-refractivity contribution in [2.75, 3.05) is 26.2 Å². The molecule has 0 aromatic rings. The van der Waals surface area contributed by atoms with Crippen LogP contribution in [0.2, 0.25) is 0 Å². The molecule has 0 bridgehead atoms. The van der Waals surface area contributed by atoms with E-state index in [-0.39, 0.29) is 24.5 Å². The second-order valence-corrected chi connectivity index (χ2v) is 5.24. The lowest BCUT2D eigenvalue weighted by Crippen LogP contribution is -2.46. The van der Waals surface area contributed by atoms with Gasteiger partial charge >= 0.3 is 0 Å². The summed E-state index contributed by atoms with van der Waals surface area (Å²) in [4.78, 5) is 27.3. The number of likely N-dealkylation sites (tertiary alicyclic amines) is 2. The smallest absolute Gasteiger partial charge is 0.242 e. The first-order chi connectivity index (χ1) is 8.66. The van der Waals surface area contributed by atoms with Crippen LogP contribution < -0.4 is 0 Å². The topological polar surface area (TPSA) is 60.9 Å². The molecule has 0 atom stereocenters. The van der Waals surface area contributed by atoms with E-state index in [1.807, 2.05) is 0 Å². The molecule has 102 valence electrons. The van der Waals surface area contributed by atoms with E-state index in [2.05, 4.69) is 0 Å². The fraction of sp³-hybridized carbons (Fsp3) is 0.846. The zero-order valence-corrected chi connectivity index (χ0v) is 10.8. The summed E-state index contributed by atoms with van der Waals surface area (Å²) in [6.45, 7) is 2.15. The van der Waals surface area contributed by atoms with Gasteiger partial charge in [0.2, 0.25) is 11.8 Å². The molecule has 0 saturated carbocycles. The van der Waals surface area contributed by atoms with Gasteiger partial charge in [0, 0.05) is 26.1 Å². The molecule has 0 radical (unpaired) electrons. The molecule has 0 aliphatic carbocycles. The van der Waals surface area contributed by atoms with Crippen LogP contribution in [0.25, 0.3) is 0 Å². The molecule has 18 heavy (non-hydrogen) atoms. The van der Waals surface area contributed by atoms with Gasteiger partial charge in [0.15, 0.2) is 0 Å². The zero-order chi connectivity index (χ0) is 13.0. The number of amides is 2. The summed E-state index contributed by atoms with van der Waals surface area (Å²) in [5, 5.41) is 9.41. The van der Waals surface area contributed by atoms with Gasteiger partial charge in [-0.15, -0.1) is 0 Å². The van der Waals surface area contributed by atoms with Crippen molar-refractivity contribution < 1.29 is 14.7 Å². The van der Waals surface area contributed by atoms with Crippen molar-refractivity contribution in [3.8, 4) is 0 Å². The summed E-state index contributed by atoms with van der Waals surface area (Å²) in [5.41, 5.74) is 0. The molecule has 2 heterocycles. The van der Waals surface area contributed by atoms with E-state index in [9.17, 15) is 14.7 Å². The maximum Gasteiger partial charge on any atom is 0.242 e. The number of aliphatic hydroxyl groups is 1. The Hall–Kier alpha value is -1.10. The van der Waals surface area contributed by atoms with E-state index < -0.39 is 0 Å². The Kier molecular flexibility index (Phi) is 4.58. The number of piperidine rings is 1. The molecule has 0 spiro atoms.